The Morgan fingerprint density at radius 2 is 2.00 bits per heavy atom. The van der Waals surface area contributed by atoms with Crippen molar-refractivity contribution in [3.8, 4) is 16.9 Å². The van der Waals surface area contributed by atoms with Crippen LogP contribution in [0.2, 0.25) is 0 Å². The molecular formula is C25H26N6O3S. The van der Waals surface area contributed by atoms with Crippen molar-refractivity contribution < 1.29 is 14.3 Å². The lowest BCUT2D eigenvalue weighted by atomic mass is 10.0. The number of nitrogens with two attached hydrogens (primary N) is 1. The number of carbonyl (C=O) groups is 1. The highest BCUT2D eigenvalue weighted by atomic mass is 32.1. The largest absolute Gasteiger partial charge is 0.494 e. The summed E-state index contributed by atoms with van der Waals surface area (Å²) >= 11 is 1.48. The third kappa shape index (κ3) is 4.58. The number of rotatable bonds is 6. The Labute approximate surface area is 206 Å². The number of hydrogen-bond acceptors (Lipinski definition) is 9. The number of methoxy groups -OCH3 is 1. The third-order valence-electron chi connectivity index (χ3n) is 5.91. The Hall–Kier alpha value is -3.89. The van der Waals surface area contributed by atoms with E-state index in [0.717, 1.165) is 45.8 Å². The second-order valence-corrected chi connectivity index (χ2v) is 8.91. The number of hydrogen-bond donors (Lipinski definition) is 3. The number of fused-ring (bicyclic) bond motifs is 1. The summed E-state index contributed by atoms with van der Waals surface area (Å²) in [5.74, 6) is 1.30. The van der Waals surface area contributed by atoms with Gasteiger partial charge in [-0.3, -0.25) is 4.79 Å². The van der Waals surface area contributed by atoms with Gasteiger partial charge in [0.25, 0.3) is 5.91 Å². The molecule has 0 aliphatic carbocycles. The first-order valence-corrected chi connectivity index (χ1v) is 12.1. The molecular weight excluding hydrogens is 464 g/mol. The number of aromatic nitrogens is 2. The number of anilines is 4. The number of nitrogens with zero attached hydrogens (tertiary/aromatic N) is 3. The van der Waals surface area contributed by atoms with Gasteiger partial charge in [-0.25, -0.2) is 4.98 Å². The molecule has 4 N–H and O–H groups in total. The van der Waals surface area contributed by atoms with E-state index in [-0.39, 0.29) is 5.91 Å². The highest BCUT2D eigenvalue weighted by Gasteiger charge is 2.17. The molecule has 10 heteroatoms. The van der Waals surface area contributed by atoms with Crippen molar-refractivity contribution in [3.63, 3.8) is 0 Å². The maximum absolute atomic E-state index is 12.1. The molecule has 180 valence electrons. The van der Waals surface area contributed by atoms with Crippen molar-refractivity contribution in [2.24, 2.45) is 0 Å². The van der Waals surface area contributed by atoms with E-state index in [1.54, 1.807) is 20.2 Å². The highest BCUT2D eigenvalue weighted by Crippen LogP contribution is 2.37. The van der Waals surface area contributed by atoms with Gasteiger partial charge < -0.3 is 30.7 Å². The lowest BCUT2D eigenvalue weighted by Crippen LogP contribution is -2.36. The fraction of sp³-hybridized carbons (Fsp3) is 0.240. The number of thiophene rings is 1. The van der Waals surface area contributed by atoms with Gasteiger partial charge >= 0.3 is 0 Å². The van der Waals surface area contributed by atoms with Crippen LogP contribution in [0.3, 0.4) is 0 Å². The maximum atomic E-state index is 12.1. The lowest BCUT2D eigenvalue weighted by Gasteiger charge is -2.29. The topological polar surface area (TPSA) is 115 Å². The van der Waals surface area contributed by atoms with Crippen LogP contribution in [-0.4, -0.2) is 56.3 Å². The Morgan fingerprint density at radius 3 is 2.77 bits per heavy atom. The van der Waals surface area contributed by atoms with Gasteiger partial charge in [-0.15, -0.1) is 11.3 Å². The second kappa shape index (κ2) is 9.77. The summed E-state index contributed by atoms with van der Waals surface area (Å²) in [5.41, 5.74) is 11.2. The molecule has 4 aromatic rings. The van der Waals surface area contributed by atoms with Crippen LogP contribution < -0.4 is 26.0 Å². The van der Waals surface area contributed by atoms with Crippen LogP contribution in [0.25, 0.3) is 21.3 Å². The average Bonchev–Trinajstić information content (AvgIpc) is 3.33. The molecule has 2 aromatic carbocycles. The summed E-state index contributed by atoms with van der Waals surface area (Å²) in [6.45, 7) is 3.11. The summed E-state index contributed by atoms with van der Waals surface area (Å²) in [5, 5.41) is 7.91. The number of amides is 1. The van der Waals surface area contributed by atoms with Crippen LogP contribution in [-0.2, 0) is 4.74 Å². The molecule has 3 heterocycles. The SMILES string of the molecule is CNC(=O)c1cccc(-c2csc3c(N)nc(Nc4ccc(N5CCOCC5)cc4OC)nc23)c1. The zero-order valence-electron chi connectivity index (χ0n) is 19.5. The number of carbonyl (C=O) groups excluding carboxylic acids is 1. The number of nitrogen functional groups attached to an aromatic ring is 1. The quantitative estimate of drug-likeness (QED) is 0.373. The van der Waals surface area contributed by atoms with Crippen molar-refractivity contribution in [1.29, 1.82) is 0 Å². The van der Waals surface area contributed by atoms with Crippen LogP contribution >= 0.6 is 11.3 Å². The molecule has 2 aromatic heterocycles. The fourth-order valence-electron chi connectivity index (χ4n) is 4.10. The zero-order valence-corrected chi connectivity index (χ0v) is 20.3. The smallest absolute Gasteiger partial charge is 0.251 e. The van der Waals surface area contributed by atoms with Crippen molar-refractivity contribution >= 4 is 50.6 Å². The Balaban J connectivity index is 1.49. The molecule has 9 nitrogen and oxygen atoms in total. The van der Waals surface area contributed by atoms with E-state index in [2.05, 4.69) is 20.5 Å². The van der Waals surface area contributed by atoms with E-state index in [4.69, 9.17) is 20.2 Å². The summed E-state index contributed by atoms with van der Waals surface area (Å²) in [6, 6.07) is 13.4. The minimum Gasteiger partial charge on any atom is -0.494 e. The van der Waals surface area contributed by atoms with E-state index in [0.29, 0.717) is 36.3 Å². The highest BCUT2D eigenvalue weighted by molar-refractivity contribution is 7.18. The summed E-state index contributed by atoms with van der Waals surface area (Å²) < 4.78 is 11.9. The van der Waals surface area contributed by atoms with E-state index >= 15 is 0 Å². The third-order valence-corrected chi connectivity index (χ3v) is 6.90. The Morgan fingerprint density at radius 1 is 1.17 bits per heavy atom. The minimum atomic E-state index is -0.143. The standard InChI is InChI=1S/C25H26N6O3S/c1-27-24(32)16-5-3-4-15(12-16)18-14-35-22-21(18)29-25(30-23(22)26)28-19-7-6-17(13-20(19)33-2)31-8-10-34-11-9-31/h3-7,12-14H,8-11H2,1-2H3,(H,27,32)(H3,26,28,29,30). The van der Waals surface area contributed by atoms with Crippen LogP contribution in [0.15, 0.2) is 47.8 Å². The van der Waals surface area contributed by atoms with Gasteiger partial charge in [0.2, 0.25) is 5.95 Å². The Kier molecular flexibility index (Phi) is 6.39. The molecule has 1 saturated heterocycles. The monoisotopic (exact) mass is 490 g/mol. The molecule has 5 rings (SSSR count). The van der Waals surface area contributed by atoms with Crippen molar-refractivity contribution in [3.05, 3.63) is 53.4 Å². The number of benzene rings is 2. The molecule has 0 radical (unpaired) electrons. The summed E-state index contributed by atoms with van der Waals surface area (Å²) in [6.07, 6.45) is 0. The van der Waals surface area contributed by atoms with E-state index in [9.17, 15) is 4.79 Å². The molecule has 1 aliphatic rings. The zero-order chi connectivity index (χ0) is 24.4. The first-order chi connectivity index (χ1) is 17.1. The molecule has 1 aliphatic heterocycles. The van der Waals surface area contributed by atoms with E-state index in [1.165, 1.54) is 11.3 Å². The van der Waals surface area contributed by atoms with Crippen LogP contribution in [0.4, 0.5) is 23.1 Å². The average molecular weight is 491 g/mol. The van der Waals surface area contributed by atoms with Crippen molar-refractivity contribution in [1.82, 2.24) is 15.3 Å². The molecule has 0 saturated carbocycles. The molecule has 0 spiro atoms. The normalized spacial score (nSPS) is 13.6. The van der Waals surface area contributed by atoms with Crippen LogP contribution in [0.1, 0.15) is 10.4 Å². The lowest BCUT2D eigenvalue weighted by molar-refractivity contribution is 0.0963. The molecule has 1 amide bonds. The minimum absolute atomic E-state index is 0.143. The number of morpholine rings is 1. The van der Waals surface area contributed by atoms with Gasteiger partial charge in [-0.05, 0) is 29.8 Å². The van der Waals surface area contributed by atoms with Crippen LogP contribution in [0, 0.1) is 0 Å². The number of ether oxygens (including phenoxy) is 2. The molecule has 0 bridgehead atoms. The molecule has 35 heavy (non-hydrogen) atoms. The second-order valence-electron chi connectivity index (χ2n) is 8.03. The van der Waals surface area contributed by atoms with Crippen LogP contribution in [0.5, 0.6) is 5.75 Å². The first-order valence-electron chi connectivity index (χ1n) is 11.2. The predicted molar refractivity (Wildman–Crippen MR) is 140 cm³/mol. The van der Waals surface area contributed by atoms with Gasteiger partial charge in [0.1, 0.15) is 11.6 Å². The Bertz CT molecular complexity index is 1380. The predicted octanol–water partition coefficient (Wildman–Crippen LogP) is 3.89. The molecule has 0 atom stereocenters. The molecule has 1 fully saturated rings. The van der Waals surface area contributed by atoms with Gasteiger partial charge in [0.15, 0.2) is 0 Å². The van der Waals surface area contributed by atoms with Gasteiger partial charge in [0.05, 0.1) is 36.2 Å². The van der Waals surface area contributed by atoms with Gasteiger partial charge in [-0.2, -0.15) is 4.98 Å². The first kappa shape index (κ1) is 22.9. The van der Waals surface area contributed by atoms with Crippen molar-refractivity contribution in [2.75, 3.05) is 56.4 Å². The summed E-state index contributed by atoms with van der Waals surface area (Å²) in [4.78, 5) is 23.6. The van der Waals surface area contributed by atoms with Gasteiger partial charge in [-0.1, -0.05) is 12.1 Å². The van der Waals surface area contributed by atoms with Gasteiger partial charge in [0, 0.05) is 48.4 Å². The maximum Gasteiger partial charge on any atom is 0.251 e. The van der Waals surface area contributed by atoms with E-state index < -0.39 is 0 Å². The van der Waals surface area contributed by atoms with Crippen molar-refractivity contribution in [2.45, 2.75) is 0 Å². The van der Waals surface area contributed by atoms with E-state index in [1.807, 2.05) is 41.8 Å². The number of nitrogens with one attached hydrogen (secondary N) is 2. The summed E-state index contributed by atoms with van der Waals surface area (Å²) in [7, 11) is 3.25. The fourth-order valence-corrected chi connectivity index (χ4v) is 5.01. The molecule has 0 unspecified atom stereocenters.